The summed E-state index contributed by atoms with van der Waals surface area (Å²) in [5.74, 6) is 0.633. The molecule has 2 N–H and O–H groups in total. The molecule has 0 aromatic heterocycles. The highest BCUT2D eigenvalue weighted by atomic mass is 16.5. The first kappa shape index (κ1) is 20.1. The highest BCUT2D eigenvalue weighted by molar-refractivity contribution is 6.00. The summed E-state index contributed by atoms with van der Waals surface area (Å²) in [5, 5.41) is 5.53. The molecular weight excluding hydrogens is 364 g/mol. The zero-order valence-corrected chi connectivity index (χ0v) is 16.8. The third-order valence-corrected chi connectivity index (χ3v) is 4.43. The SMILES string of the molecule is Cc1cc(C)c(NC(=O)CNC(=O)c2cccc(Oc3ccccc3)c2)c(C)c1. The van der Waals surface area contributed by atoms with Gasteiger partial charge in [0, 0.05) is 11.3 Å². The Kier molecular flexibility index (Phi) is 6.29. The van der Waals surface area contributed by atoms with Gasteiger partial charge >= 0.3 is 0 Å². The van der Waals surface area contributed by atoms with E-state index in [1.807, 2.05) is 63.2 Å². The van der Waals surface area contributed by atoms with E-state index < -0.39 is 0 Å². The Morgan fingerprint density at radius 2 is 1.48 bits per heavy atom. The van der Waals surface area contributed by atoms with Gasteiger partial charge in [0.05, 0.1) is 6.54 Å². The Hall–Kier alpha value is -3.60. The number of hydrogen-bond donors (Lipinski definition) is 2. The van der Waals surface area contributed by atoms with Crippen LogP contribution in [0.4, 0.5) is 5.69 Å². The van der Waals surface area contributed by atoms with Gasteiger partial charge in [0.25, 0.3) is 5.91 Å². The molecule has 3 rings (SSSR count). The van der Waals surface area contributed by atoms with Gasteiger partial charge in [-0.25, -0.2) is 0 Å². The Balaban J connectivity index is 1.59. The van der Waals surface area contributed by atoms with Crippen LogP contribution in [0.2, 0.25) is 0 Å². The van der Waals surface area contributed by atoms with Crippen LogP contribution in [0.15, 0.2) is 66.7 Å². The van der Waals surface area contributed by atoms with Crippen LogP contribution in [-0.2, 0) is 4.79 Å². The molecule has 0 saturated carbocycles. The number of anilines is 1. The lowest BCUT2D eigenvalue weighted by atomic mass is 10.1. The smallest absolute Gasteiger partial charge is 0.251 e. The van der Waals surface area contributed by atoms with Crippen molar-refractivity contribution < 1.29 is 14.3 Å². The van der Waals surface area contributed by atoms with E-state index in [2.05, 4.69) is 10.6 Å². The highest BCUT2D eigenvalue weighted by Gasteiger charge is 2.12. The molecule has 5 heteroatoms. The number of aryl methyl sites for hydroxylation is 3. The Morgan fingerprint density at radius 3 is 2.17 bits per heavy atom. The van der Waals surface area contributed by atoms with Crippen LogP contribution < -0.4 is 15.4 Å². The van der Waals surface area contributed by atoms with Gasteiger partial charge in [0.2, 0.25) is 5.91 Å². The Bertz CT molecular complexity index is 1010. The average Bonchev–Trinajstić information content (AvgIpc) is 2.70. The minimum Gasteiger partial charge on any atom is -0.457 e. The third-order valence-electron chi connectivity index (χ3n) is 4.43. The van der Waals surface area contributed by atoms with Crippen molar-refractivity contribution >= 4 is 17.5 Å². The molecule has 0 spiro atoms. The van der Waals surface area contributed by atoms with Gasteiger partial charge in [-0.1, -0.05) is 42.0 Å². The van der Waals surface area contributed by atoms with Gasteiger partial charge < -0.3 is 15.4 Å². The average molecular weight is 388 g/mol. The molecule has 0 aliphatic carbocycles. The van der Waals surface area contributed by atoms with Crippen LogP contribution in [0, 0.1) is 20.8 Å². The molecule has 148 valence electrons. The van der Waals surface area contributed by atoms with E-state index in [9.17, 15) is 9.59 Å². The second kappa shape index (κ2) is 9.06. The van der Waals surface area contributed by atoms with Crippen molar-refractivity contribution in [2.45, 2.75) is 20.8 Å². The van der Waals surface area contributed by atoms with Crippen LogP contribution >= 0.6 is 0 Å². The lowest BCUT2D eigenvalue weighted by molar-refractivity contribution is -0.115. The maximum atomic E-state index is 12.4. The normalized spacial score (nSPS) is 10.3. The summed E-state index contributed by atoms with van der Waals surface area (Å²) in [7, 11) is 0. The molecule has 0 heterocycles. The van der Waals surface area contributed by atoms with Gasteiger partial charge in [-0.05, 0) is 62.2 Å². The number of para-hydroxylation sites is 1. The van der Waals surface area contributed by atoms with Gasteiger partial charge in [-0.2, -0.15) is 0 Å². The standard InChI is InChI=1S/C24H24N2O3/c1-16-12-17(2)23(18(3)13-16)26-22(27)15-25-24(28)19-8-7-11-21(14-19)29-20-9-5-4-6-10-20/h4-14H,15H2,1-3H3,(H,25,28)(H,26,27). The number of carbonyl (C=O) groups is 2. The lowest BCUT2D eigenvalue weighted by Gasteiger charge is -2.13. The predicted molar refractivity (Wildman–Crippen MR) is 115 cm³/mol. The first-order valence-corrected chi connectivity index (χ1v) is 9.41. The molecule has 0 bridgehead atoms. The van der Waals surface area contributed by atoms with E-state index in [1.165, 1.54) is 0 Å². The summed E-state index contributed by atoms with van der Waals surface area (Å²) in [6, 6.07) is 20.2. The fourth-order valence-corrected chi connectivity index (χ4v) is 3.15. The number of ether oxygens (including phenoxy) is 1. The van der Waals surface area contributed by atoms with Crippen LogP contribution in [-0.4, -0.2) is 18.4 Å². The number of amides is 2. The molecule has 0 fully saturated rings. The zero-order chi connectivity index (χ0) is 20.8. The predicted octanol–water partition coefficient (Wildman–Crippen LogP) is 4.77. The monoisotopic (exact) mass is 388 g/mol. The van der Waals surface area contributed by atoms with Crippen molar-refractivity contribution in [2.75, 3.05) is 11.9 Å². The maximum Gasteiger partial charge on any atom is 0.251 e. The molecule has 0 saturated heterocycles. The topological polar surface area (TPSA) is 67.4 Å². The van der Waals surface area contributed by atoms with Gasteiger partial charge in [-0.15, -0.1) is 0 Å². The van der Waals surface area contributed by atoms with Gasteiger partial charge in [0.15, 0.2) is 0 Å². The van der Waals surface area contributed by atoms with Crippen LogP contribution in [0.1, 0.15) is 27.0 Å². The van der Waals surface area contributed by atoms with E-state index in [4.69, 9.17) is 4.74 Å². The number of benzene rings is 3. The van der Waals surface area contributed by atoms with E-state index in [1.54, 1.807) is 24.3 Å². The number of nitrogens with one attached hydrogen (secondary N) is 2. The molecule has 0 radical (unpaired) electrons. The molecule has 29 heavy (non-hydrogen) atoms. The molecule has 2 amide bonds. The van der Waals surface area contributed by atoms with E-state index in [0.717, 1.165) is 22.4 Å². The van der Waals surface area contributed by atoms with Crippen LogP contribution in [0.25, 0.3) is 0 Å². The number of hydrogen-bond acceptors (Lipinski definition) is 3. The summed E-state index contributed by atoms with van der Waals surface area (Å²) in [5.41, 5.74) is 4.34. The largest absolute Gasteiger partial charge is 0.457 e. The molecule has 0 aliphatic heterocycles. The molecular formula is C24H24N2O3. The van der Waals surface area contributed by atoms with E-state index in [0.29, 0.717) is 17.1 Å². The van der Waals surface area contributed by atoms with Crippen molar-refractivity contribution in [3.05, 3.63) is 89.0 Å². The van der Waals surface area contributed by atoms with Crippen molar-refractivity contribution in [1.82, 2.24) is 5.32 Å². The zero-order valence-electron chi connectivity index (χ0n) is 16.8. The van der Waals surface area contributed by atoms with Crippen molar-refractivity contribution in [3.63, 3.8) is 0 Å². The summed E-state index contributed by atoms with van der Waals surface area (Å²) in [6.07, 6.45) is 0. The minimum atomic E-state index is -0.337. The maximum absolute atomic E-state index is 12.4. The summed E-state index contributed by atoms with van der Waals surface area (Å²) in [6.45, 7) is 5.80. The third kappa shape index (κ3) is 5.45. The molecule has 0 unspecified atom stereocenters. The van der Waals surface area contributed by atoms with Crippen LogP contribution in [0.3, 0.4) is 0 Å². The van der Waals surface area contributed by atoms with E-state index >= 15 is 0 Å². The molecule has 0 aliphatic rings. The summed E-state index contributed by atoms with van der Waals surface area (Å²) in [4.78, 5) is 24.7. The fourth-order valence-electron chi connectivity index (χ4n) is 3.15. The first-order valence-electron chi connectivity index (χ1n) is 9.41. The first-order chi connectivity index (χ1) is 13.9. The van der Waals surface area contributed by atoms with Crippen molar-refractivity contribution in [3.8, 4) is 11.5 Å². The van der Waals surface area contributed by atoms with Crippen molar-refractivity contribution in [2.24, 2.45) is 0 Å². The Labute approximate surface area is 170 Å². The highest BCUT2D eigenvalue weighted by Crippen LogP contribution is 2.23. The second-order valence-electron chi connectivity index (χ2n) is 6.95. The van der Waals surface area contributed by atoms with Crippen LogP contribution in [0.5, 0.6) is 11.5 Å². The Morgan fingerprint density at radius 1 is 0.828 bits per heavy atom. The second-order valence-corrected chi connectivity index (χ2v) is 6.95. The summed E-state index contributed by atoms with van der Waals surface area (Å²) < 4.78 is 5.75. The molecule has 5 nitrogen and oxygen atoms in total. The lowest BCUT2D eigenvalue weighted by Crippen LogP contribution is -2.33. The summed E-state index contributed by atoms with van der Waals surface area (Å²) >= 11 is 0. The fraction of sp³-hybridized carbons (Fsp3) is 0.167. The van der Waals surface area contributed by atoms with Gasteiger partial charge in [-0.3, -0.25) is 9.59 Å². The molecule has 3 aromatic carbocycles. The molecule has 0 atom stereocenters. The van der Waals surface area contributed by atoms with E-state index in [-0.39, 0.29) is 18.4 Å². The number of rotatable bonds is 6. The quantitative estimate of drug-likeness (QED) is 0.639. The van der Waals surface area contributed by atoms with Crippen molar-refractivity contribution in [1.29, 1.82) is 0 Å². The number of carbonyl (C=O) groups excluding carboxylic acids is 2. The minimum absolute atomic E-state index is 0.116. The molecule has 3 aromatic rings. The van der Waals surface area contributed by atoms with Gasteiger partial charge in [0.1, 0.15) is 11.5 Å².